The van der Waals surface area contributed by atoms with Gasteiger partial charge in [0.25, 0.3) is 0 Å². The first-order chi connectivity index (χ1) is 9.38. The van der Waals surface area contributed by atoms with E-state index in [4.69, 9.17) is 23.1 Å². The van der Waals surface area contributed by atoms with Crippen LogP contribution in [0.5, 0.6) is 0 Å². The van der Waals surface area contributed by atoms with Crippen molar-refractivity contribution in [2.75, 3.05) is 6.54 Å². The van der Waals surface area contributed by atoms with Gasteiger partial charge in [-0.1, -0.05) is 11.6 Å². The van der Waals surface area contributed by atoms with Gasteiger partial charge in [0.1, 0.15) is 4.90 Å². The summed E-state index contributed by atoms with van der Waals surface area (Å²) in [5.74, 6) is 1.25. The molecule has 7 heteroatoms. The summed E-state index contributed by atoms with van der Waals surface area (Å²) in [5.41, 5.74) is -0.137. The van der Waals surface area contributed by atoms with Gasteiger partial charge in [-0.3, -0.25) is 0 Å². The number of aromatic carboxylic acids is 1. The van der Waals surface area contributed by atoms with Crippen LogP contribution in [0, 0.1) is 12.3 Å². The molecule has 0 spiro atoms. The van der Waals surface area contributed by atoms with Crippen molar-refractivity contribution in [1.82, 2.24) is 4.72 Å². The fourth-order valence-electron chi connectivity index (χ4n) is 1.48. The number of benzene rings is 1. The topological polar surface area (TPSA) is 83.5 Å². The second kappa shape index (κ2) is 7.29. The van der Waals surface area contributed by atoms with Gasteiger partial charge in [-0.2, -0.15) is 0 Å². The van der Waals surface area contributed by atoms with Crippen LogP contribution in [0.25, 0.3) is 0 Å². The number of unbranched alkanes of at least 4 members (excludes halogenated alkanes) is 2. The molecular formula is C13H14ClNO4S. The second-order valence-electron chi connectivity index (χ2n) is 4.01. The molecule has 0 fully saturated rings. The number of carbonyl (C=O) groups is 1. The molecule has 2 N–H and O–H groups in total. The molecule has 0 aliphatic carbocycles. The van der Waals surface area contributed by atoms with Gasteiger partial charge in [-0.25, -0.2) is 17.9 Å². The van der Waals surface area contributed by atoms with E-state index in [0.29, 0.717) is 19.3 Å². The molecule has 0 unspecified atom stereocenters. The van der Waals surface area contributed by atoms with Gasteiger partial charge < -0.3 is 5.11 Å². The molecule has 0 aliphatic heterocycles. The molecule has 0 amide bonds. The van der Waals surface area contributed by atoms with E-state index in [1.165, 1.54) is 12.1 Å². The van der Waals surface area contributed by atoms with E-state index in [-0.39, 0.29) is 22.0 Å². The number of sulfonamides is 1. The molecule has 0 atom stereocenters. The van der Waals surface area contributed by atoms with E-state index in [0.717, 1.165) is 6.07 Å². The van der Waals surface area contributed by atoms with Gasteiger partial charge in [-0.05, 0) is 31.0 Å². The van der Waals surface area contributed by atoms with Crippen molar-refractivity contribution >= 4 is 27.6 Å². The summed E-state index contributed by atoms with van der Waals surface area (Å²) in [6, 6.07) is 3.53. The van der Waals surface area contributed by atoms with E-state index < -0.39 is 16.0 Å². The molecule has 0 saturated carbocycles. The largest absolute Gasteiger partial charge is 0.478 e. The lowest BCUT2D eigenvalue weighted by atomic mass is 10.2. The molecule has 0 aliphatic rings. The Morgan fingerprint density at radius 1 is 1.40 bits per heavy atom. The maximum atomic E-state index is 12.0. The first-order valence-corrected chi connectivity index (χ1v) is 7.70. The molecule has 1 rings (SSSR count). The van der Waals surface area contributed by atoms with Crippen molar-refractivity contribution in [1.29, 1.82) is 0 Å². The lowest BCUT2D eigenvalue weighted by Crippen LogP contribution is -2.25. The number of hydrogen-bond acceptors (Lipinski definition) is 3. The fraction of sp³-hybridized carbons (Fsp3) is 0.308. The van der Waals surface area contributed by atoms with Gasteiger partial charge in [0.2, 0.25) is 10.0 Å². The van der Waals surface area contributed by atoms with E-state index in [1.807, 2.05) is 0 Å². The van der Waals surface area contributed by atoms with Gasteiger partial charge in [-0.15, -0.1) is 12.3 Å². The monoisotopic (exact) mass is 315 g/mol. The van der Waals surface area contributed by atoms with Crippen molar-refractivity contribution in [3.05, 3.63) is 28.8 Å². The third-order valence-corrected chi connectivity index (χ3v) is 4.45. The Balaban J connectivity index is 2.84. The SMILES string of the molecule is C#CCCCCNS(=O)(=O)c1cc(C(=O)O)ccc1Cl. The summed E-state index contributed by atoms with van der Waals surface area (Å²) in [6.07, 6.45) is 6.98. The van der Waals surface area contributed by atoms with Crippen LogP contribution in [0.4, 0.5) is 0 Å². The van der Waals surface area contributed by atoms with Crippen molar-refractivity contribution in [3.8, 4) is 12.3 Å². The minimum atomic E-state index is -3.83. The van der Waals surface area contributed by atoms with Gasteiger partial charge in [0.15, 0.2) is 0 Å². The van der Waals surface area contributed by atoms with Crippen LogP contribution in [0.3, 0.4) is 0 Å². The fourth-order valence-corrected chi connectivity index (χ4v) is 3.08. The smallest absolute Gasteiger partial charge is 0.335 e. The van der Waals surface area contributed by atoms with Crippen molar-refractivity contribution in [3.63, 3.8) is 0 Å². The zero-order valence-electron chi connectivity index (χ0n) is 10.6. The van der Waals surface area contributed by atoms with Crippen LogP contribution in [-0.2, 0) is 10.0 Å². The minimum absolute atomic E-state index is 0.0221. The number of hydrogen-bond donors (Lipinski definition) is 2. The normalized spacial score (nSPS) is 11.0. The molecule has 108 valence electrons. The molecule has 5 nitrogen and oxygen atoms in total. The predicted octanol–water partition coefficient (Wildman–Crippen LogP) is 2.12. The lowest BCUT2D eigenvalue weighted by molar-refractivity contribution is 0.0696. The maximum Gasteiger partial charge on any atom is 0.335 e. The minimum Gasteiger partial charge on any atom is -0.478 e. The van der Waals surface area contributed by atoms with Crippen molar-refractivity contribution < 1.29 is 18.3 Å². The highest BCUT2D eigenvalue weighted by atomic mass is 35.5. The summed E-state index contributed by atoms with van der Waals surface area (Å²) < 4.78 is 26.4. The van der Waals surface area contributed by atoms with Crippen LogP contribution in [0.2, 0.25) is 5.02 Å². The molecule has 1 aromatic rings. The van der Waals surface area contributed by atoms with Crippen LogP contribution in [0.1, 0.15) is 29.6 Å². The van der Waals surface area contributed by atoms with Gasteiger partial charge in [0, 0.05) is 13.0 Å². The first kappa shape index (κ1) is 16.5. The Hall–Kier alpha value is -1.55. The lowest BCUT2D eigenvalue weighted by Gasteiger charge is -2.08. The number of terminal acetylenes is 1. The first-order valence-electron chi connectivity index (χ1n) is 5.84. The Kier molecular flexibility index (Phi) is 6.02. The quantitative estimate of drug-likeness (QED) is 0.596. The highest BCUT2D eigenvalue weighted by Crippen LogP contribution is 2.22. The summed E-state index contributed by atoms with van der Waals surface area (Å²) in [6.45, 7) is 0.220. The van der Waals surface area contributed by atoms with Gasteiger partial charge in [0.05, 0.1) is 10.6 Å². The standard InChI is InChI=1S/C13H14ClNO4S/c1-2-3-4-5-8-15-20(18,19)12-9-10(13(16)17)6-7-11(12)14/h1,6-7,9,15H,3-5,8H2,(H,16,17). The summed E-state index contributed by atoms with van der Waals surface area (Å²) >= 11 is 5.81. The third kappa shape index (κ3) is 4.53. The molecular weight excluding hydrogens is 302 g/mol. The number of rotatable bonds is 7. The molecule has 1 aromatic carbocycles. The van der Waals surface area contributed by atoms with E-state index >= 15 is 0 Å². The summed E-state index contributed by atoms with van der Waals surface area (Å²) in [7, 11) is -3.83. The van der Waals surface area contributed by atoms with Crippen LogP contribution in [-0.4, -0.2) is 26.0 Å². The molecule has 0 aromatic heterocycles. The summed E-state index contributed by atoms with van der Waals surface area (Å²) in [4.78, 5) is 10.6. The highest BCUT2D eigenvalue weighted by molar-refractivity contribution is 7.89. The molecule has 0 bridgehead atoms. The van der Waals surface area contributed by atoms with E-state index in [1.54, 1.807) is 0 Å². The second-order valence-corrected chi connectivity index (χ2v) is 6.15. The summed E-state index contributed by atoms with van der Waals surface area (Å²) in [5, 5.41) is 8.84. The predicted molar refractivity (Wildman–Crippen MR) is 76.3 cm³/mol. The average molecular weight is 316 g/mol. The van der Waals surface area contributed by atoms with Gasteiger partial charge >= 0.3 is 5.97 Å². The highest BCUT2D eigenvalue weighted by Gasteiger charge is 2.19. The Labute approximate surface area is 123 Å². The molecule has 0 heterocycles. The average Bonchev–Trinajstić information content (AvgIpc) is 2.38. The van der Waals surface area contributed by atoms with Crippen molar-refractivity contribution in [2.24, 2.45) is 0 Å². The maximum absolute atomic E-state index is 12.0. The van der Waals surface area contributed by atoms with E-state index in [2.05, 4.69) is 10.6 Å². The Bertz CT molecular complexity index is 634. The van der Waals surface area contributed by atoms with Crippen molar-refractivity contribution in [2.45, 2.75) is 24.2 Å². The Morgan fingerprint density at radius 2 is 2.10 bits per heavy atom. The van der Waals surface area contributed by atoms with Crippen LogP contribution >= 0.6 is 11.6 Å². The Morgan fingerprint density at radius 3 is 2.70 bits per heavy atom. The van der Waals surface area contributed by atoms with E-state index in [9.17, 15) is 13.2 Å². The molecule has 0 saturated heterocycles. The third-order valence-electron chi connectivity index (χ3n) is 2.51. The molecule has 20 heavy (non-hydrogen) atoms. The number of carboxylic acids is 1. The number of carboxylic acid groups (broad SMARTS) is 1. The van der Waals surface area contributed by atoms with Crippen LogP contribution in [0.15, 0.2) is 23.1 Å². The zero-order valence-corrected chi connectivity index (χ0v) is 12.2. The van der Waals surface area contributed by atoms with Crippen LogP contribution < -0.4 is 4.72 Å². The molecule has 0 radical (unpaired) electrons. The zero-order chi connectivity index (χ0) is 15.2. The number of nitrogens with one attached hydrogen (secondary N) is 1. The number of halogens is 1.